The van der Waals surface area contributed by atoms with E-state index >= 15 is 0 Å². The van der Waals surface area contributed by atoms with Crippen LogP contribution in [0.2, 0.25) is 0 Å². The molecule has 1 heterocycles. The summed E-state index contributed by atoms with van der Waals surface area (Å²) in [6, 6.07) is 7.74. The second-order valence-electron chi connectivity index (χ2n) is 3.91. The highest BCUT2D eigenvalue weighted by Gasteiger charge is 2.21. The minimum absolute atomic E-state index is 0.773. The van der Waals surface area contributed by atoms with Crippen molar-refractivity contribution in [2.75, 3.05) is 5.73 Å². The summed E-state index contributed by atoms with van der Waals surface area (Å²) < 4.78 is 5.37. The maximum absolute atomic E-state index is 5.65. The molecule has 0 radical (unpaired) electrons. The summed E-state index contributed by atoms with van der Waals surface area (Å²) in [5.74, 6) is 0.919. The highest BCUT2D eigenvalue weighted by atomic mass is 16.5. The highest BCUT2D eigenvalue weighted by molar-refractivity contribution is 5.64. The molecule has 0 bridgehead atoms. The van der Waals surface area contributed by atoms with Crippen LogP contribution in [0, 0.1) is 0 Å². The summed E-state index contributed by atoms with van der Waals surface area (Å²) >= 11 is 0. The Morgan fingerprint density at radius 1 is 1.13 bits per heavy atom. The minimum Gasteiger partial charge on any atom is -0.399 e. The van der Waals surface area contributed by atoms with Crippen LogP contribution in [0.5, 0.6) is 0 Å². The largest absolute Gasteiger partial charge is 0.399 e. The van der Waals surface area contributed by atoms with Crippen LogP contribution in [0.3, 0.4) is 0 Å². The van der Waals surface area contributed by atoms with Gasteiger partial charge >= 0.3 is 0 Å². The first kappa shape index (κ1) is 8.53. The van der Waals surface area contributed by atoms with Crippen molar-refractivity contribution < 1.29 is 4.52 Å². The molecule has 0 saturated carbocycles. The van der Waals surface area contributed by atoms with Gasteiger partial charge in [0.05, 0.1) is 5.69 Å². The lowest BCUT2D eigenvalue weighted by Gasteiger charge is -1.98. The van der Waals surface area contributed by atoms with Crippen LogP contribution in [0.1, 0.15) is 17.7 Å². The van der Waals surface area contributed by atoms with Gasteiger partial charge in [0.15, 0.2) is 5.76 Å². The number of hydrogen-bond acceptors (Lipinski definition) is 3. The van der Waals surface area contributed by atoms with Gasteiger partial charge in [-0.25, -0.2) is 0 Å². The Balaban J connectivity index is 2.09. The number of nitrogens with zero attached hydrogens (tertiary/aromatic N) is 1. The summed E-state index contributed by atoms with van der Waals surface area (Å²) in [4.78, 5) is 0. The van der Waals surface area contributed by atoms with Gasteiger partial charge < -0.3 is 10.3 Å². The predicted octanol–water partition coefficient (Wildman–Crippen LogP) is 2.41. The van der Waals surface area contributed by atoms with Crippen LogP contribution >= 0.6 is 0 Å². The van der Waals surface area contributed by atoms with Gasteiger partial charge in [-0.2, -0.15) is 0 Å². The van der Waals surface area contributed by atoms with Gasteiger partial charge in [0.2, 0.25) is 0 Å². The number of aromatic nitrogens is 1. The summed E-state index contributed by atoms with van der Waals surface area (Å²) in [6.07, 6.45) is 3.32. The summed E-state index contributed by atoms with van der Waals surface area (Å²) in [6.45, 7) is 0. The molecule has 3 heteroatoms. The van der Waals surface area contributed by atoms with E-state index in [0.29, 0.717) is 0 Å². The Morgan fingerprint density at radius 3 is 2.73 bits per heavy atom. The van der Waals surface area contributed by atoms with E-state index < -0.39 is 0 Å². The number of aryl methyl sites for hydroxylation is 1. The SMILES string of the molecule is Nc1ccc(-c2onc3c2CCC3)cc1. The average Bonchev–Trinajstić information content (AvgIpc) is 2.80. The monoisotopic (exact) mass is 200 g/mol. The number of nitrogens with two attached hydrogens (primary N) is 1. The summed E-state index contributed by atoms with van der Waals surface area (Å²) in [7, 11) is 0. The topological polar surface area (TPSA) is 52.0 Å². The van der Waals surface area contributed by atoms with Crippen LogP contribution < -0.4 is 5.73 Å². The first-order valence-corrected chi connectivity index (χ1v) is 5.18. The standard InChI is InChI=1S/C12H12N2O/c13-9-6-4-8(5-7-9)12-10-2-1-3-11(10)14-15-12/h4-7H,1-3,13H2. The normalized spacial score (nSPS) is 14.1. The molecule has 0 amide bonds. The van der Waals surface area contributed by atoms with Gasteiger partial charge in [0.1, 0.15) is 0 Å². The molecule has 3 nitrogen and oxygen atoms in total. The van der Waals surface area contributed by atoms with E-state index in [1.54, 1.807) is 0 Å². The van der Waals surface area contributed by atoms with Crippen LogP contribution in [0.25, 0.3) is 11.3 Å². The van der Waals surface area contributed by atoms with Crippen molar-refractivity contribution in [1.29, 1.82) is 0 Å². The Bertz CT molecular complexity index is 485. The lowest BCUT2D eigenvalue weighted by molar-refractivity contribution is 0.420. The Kier molecular flexibility index (Phi) is 1.78. The van der Waals surface area contributed by atoms with Crippen molar-refractivity contribution in [2.24, 2.45) is 0 Å². The molecule has 1 aromatic carbocycles. The van der Waals surface area contributed by atoms with Gasteiger partial charge in [-0.3, -0.25) is 0 Å². The molecule has 3 rings (SSSR count). The summed E-state index contributed by atoms with van der Waals surface area (Å²) in [5, 5.41) is 4.09. The van der Waals surface area contributed by atoms with Gasteiger partial charge in [-0.05, 0) is 43.5 Å². The van der Waals surface area contributed by atoms with Crippen LogP contribution in [-0.2, 0) is 12.8 Å². The van der Waals surface area contributed by atoms with E-state index in [-0.39, 0.29) is 0 Å². The second kappa shape index (κ2) is 3.12. The fourth-order valence-electron chi connectivity index (χ4n) is 2.09. The molecule has 1 aromatic heterocycles. The second-order valence-corrected chi connectivity index (χ2v) is 3.91. The first-order valence-electron chi connectivity index (χ1n) is 5.18. The van der Waals surface area contributed by atoms with E-state index in [9.17, 15) is 0 Å². The predicted molar refractivity (Wildman–Crippen MR) is 58.4 cm³/mol. The molecule has 0 aliphatic heterocycles. The number of fused-ring (bicyclic) bond motifs is 1. The molecule has 0 saturated heterocycles. The number of rotatable bonds is 1. The van der Waals surface area contributed by atoms with E-state index in [2.05, 4.69) is 5.16 Å². The molecule has 15 heavy (non-hydrogen) atoms. The number of anilines is 1. The Labute approximate surface area is 87.9 Å². The van der Waals surface area contributed by atoms with Crippen LogP contribution in [-0.4, -0.2) is 5.16 Å². The lowest BCUT2D eigenvalue weighted by atomic mass is 10.1. The van der Waals surface area contributed by atoms with Gasteiger partial charge in [0, 0.05) is 16.8 Å². The maximum Gasteiger partial charge on any atom is 0.170 e. The van der Waals surface area contributed by atoms with Crippen LogP contribution in [0.4, 0.5) is 5.69 Å². The van der Waals surface area contributed by atoms with E-state index in [4.69, 9.17) is 10.3 Å². The first-order chi connectivity index (χ1) is 7.34. The van der Waals surface area contributed by atoms with E-state index in [0.717, 1.165) is 35.5 Å². The zero-order chi connectivity index (χ0) is 10.3. The molecule has 1 aliphatic rings. The van der Waals surface area contributed by atoms with E-state index in [1.807, 2.05) is 24.3 Å². The van der Waals surface area contributed by atoms with Gasteiger partial charge in [-0.15, -0.1) is 0 Å². The smallest absolute Gasteiger partial charge is 0.170 e. The van der Waals surface area contributed by atoms with Crippen molar-refractivity contribution in [2.45, 2.75) is 19.3 Å². The molecular formula is C12H12N2O. The number of benzene rings is 1. The molecule has 0 spiro atoms. The molecule has 1 aliphatic carbocycles. The zero-order valence-electron chi connectivity index (χ0n) is 8.36. The maximum atomic E-state index is 5.65. The quantitative estimate of drug-likeness (QED) is 0.719. The summed E-state index contributed by atoms with van der Waals surface area (Å²) in [5.41, 5.74) is 9.89. The van der Waals surface area contributed by atoms with Crippen LogP contribution in [0.15, 0.2) is 28.8 Å². The third-order valence-electron chi connectivity index (χ3n) is 2.88. The third-order valence-corrected chi connectivity index (χ3v) is 2.88. The molecule has 0 atom stereocenters. The molecule has 0 unspecified atom stereocenters. The Hall–Kier alpha value is -1.77. The third kappa shape index (κ3) is 1.31. The van der Waals surface area contributed by atoms with E-state index in [1.165, 1.54) is 12.0 Å². The van der Waals surface area contributed by atoms with Gasteiger partial charge in [0.25, 0.3) is 0 Å². The number of nitrogen functional groups attached to an aromatic ring is 1. The number of hydrogen-bond donors (Lipinski definition) is 1. The molecule has 0 fully saturated rings. The van der Waals surface area contributed by atoms with Gasteiger partial charge in [-0.1, -0.05) is 5.16 Å². The average molecular weight is 200 g/mol. The Morgan fingerprint density at radius 2 is 1.93 bits per heavy atom. The van der Waals surface area contributed by atoms with Crippen molar-refractivity contribution in [3.8, 4) is 11.3 Å². The van der Waals surface area contributed by atoms with Crippen molar-refractivity contribution in [3.05, 3.63) is 35.5 Å². The molecule has 76 valence electrons. The van der Waals surface area contributed by atoms with Crippen molar-refractivity contribution in [1.82, 2.24) is 5.16 Å². The molecule has 2 N–H and O–H groups in total. The minimum atomic E-state index is 0.773. The zero-order valence-corrected chi connectivity index (χ0v) is 8.36. The molecular weight excluding hydrogens is 188 g/mol. The fourth-order valence-corrected chi connectivity index (χ4v) is 2.09. The fraction of sp³-hybridized carbons (Fsp3) is 0.250. The molecule has 2 aromatic rings. The highest BCUT2D eigenvalue weighted by Crippen LogP contribution is 2.32. The van der Waals surface area contributed by atoms with Crippen molar-refractivity contribution in [3.63, 3.8) is 0 Å². The van der Waals surface area contributed by atoms with Crippen molar-refractivity contribution >= 4 is 5.69 Å². The lowest BCUT2D eigenvalue weighted by Crippen LogP contribution is -1.85.